The summed E-state index contributed by atoms with van der Waals surface area (Å²) < 4.78 is 0. The third-order valence-corrected chi connectivity index (χ3v) is 4.15. The second-order valence-electron chi connectivity index (χ2n) is 6.18. The Labute approximate surface area is 150 Å². The first-order valence-corrected chi connectivity index (χ1v) is 8.63. The second kappa shape index (κ2) is 9.81. The van der Waals surface area contributed by atoms with Crippen molar-refractivity contribution in [1.82, 2.24) is 15.1 Å². The van der Waals surface area contributed by atoms with Crippen molar-refractivity contribution in [2.24, 2.45) is 0 Å². The molecule has 0 spiro atoms. The van der Waals surface area contributed by atoms with Gasteiger partial charge in [0.1, 0.15) is 0 Å². The summed E-state index contributed by atoms with van der Waals surface area (Å²) in [6.07, 6.45) is 0.116. The van der Waals surface area contributed by atoms with Gasteiger partial charge in [-0.25, -0.2) is 0 Å². The van der Waals surface area contributed by atoms with Crippen molar-refractivity contribution in [1.29, 1.82) is 0 Å². The van der Waals surface area contributed by atoms with Gasteiger partial charge in [0.15, 0.2) is 0 Å². The average Bonchev–Trinajstić information content (AvgIpc) is 2.55. The topological polar surface area (TPSA) is 69.7 Å². The Balaban J connectivity index is 2.78. The van der Waals surface area contributed by atoms with E-state index in [1.165, 1.54) is 11.8 Å². The van der Waals surface area contributed by atoms with E-state index in [0.717, 1.165) is 11.1 Å². The lowest BCUT2D eigenvalue weighted by atomic mass is 10.0. The SMILES string of the molecule is CCN(CC)C(=O)CN(C)C(=O)CC(NC(C)=O)c1ccc(C)cc1. The van der Waals surface area contributed by atoms with E-state index in [-0.39, 0.29) is 30.7 Å². The van der Waals surface area contributed by atoms with Crippen molar-refractivity contribution < 1.29 is 14.4 Å². The van der Waals surface area contributed by atoms with Crippen LogP contribution >= 0.6 is 0 Å². The maximum absolute atomic E-state index is 12.5. The molecule has 1 rings (SSSR count). The van der Waals surface area contributed by atoms with Crippen molar-refractivity contribution in [3.8, 4) is 0 Å². The molecule has 1 N–H and O–H groups in total. The Morgan fingerprint density at radius 3 is 2.08 bits per heavy atom. The molecule has 6 nitrogen and oxygen atoms in total. The van der Waals surface area contributed by atoms with Crippen LogP contribution in [0, 0.1) is 6.92 Å². The number of hydrogen-bond acceptors (Lipinski definition) is 3. The Hall–Kier alpha value is -2.37. The summed E-state index contributed by atoms with van der Waals surface area (Å²) in [4.78, 5) is 39.3. The molecule has 0 radical (unpaired) electrons. The number of amides is 3. The van der Waals surface area contributed by atoms with Gasteiger partial charge in [-0.3, -0.25) is 14.4 Å². The van der Waals surface area contributed by atoms with Crippen LogP contribution in [-0.2, 0) is 14.4 Å². The van der Waals surface area contributed by atoms with Crippen LogP contribution in [0.4, 0.5) is 0 Å². The molecule has 138 valence electrons. The van der Waals surface area contributed by atoms with Gasteiger partial charge in [0.25, 0.3) is 0 Å². The number of rotatable bonds is 8. The molecule has 0 saturated heterocycles. The Bertz CT molecular complexity index is 594. The number of carbonyl (C=O) groups excluding carboxylic acids is 3. The largest absolute Gasteiger partial charge is 0.349 e. The quantitative estimate of drug-likeness (QED) is 0.781. The molecular weight excluding hydrogens is 318 g/mol. The lowest BCUT2D eigenvalue weighted by Gasteiger charge is -2.25. The fraction of sp³-hybridized carbons (Fsp3) is 0.526. The minimum absolute atomic E-state index is 0.0429. The minimum Gasteiger partial charge on any atom is -0.349 e. The number of nitrogens with zero attached hydrogens (tertiary/aromatic N) is 2. The predicted molar refractivity (Wildman–Crippen MR) is 97.9 cm³/mol. The summed E-state index contributed by atoms with van der Waals surface area (Å²) in [6.45, 7) is 8.51. The maximum Gasteiger partial charge on any atom is 0.242 e. The third kappa shape index (κ3) is 6.57. The monoisotopic (exact) mass is 347 g/mol. The molecule has 0 heterocycles. The minimum atomic E-state index is -0.406. The number of aryl methyl sites for hydroxylation is 1. The molecule has 0 fully saturated rings. The van der Waals surface area contributed by atoms with E-state index in [2.05, 4.69) is 5.32 Å². The zero-order valence-corrected chi connectivity index (χ0v) is 15.8. The molecule has 0 aliphatic carbocycles. The molecule has 0 bridgehead atoms. The molecule has 0 aliphatic rings. The first-order valence-electron chi connectivity index (χ1n) is 8.63. The van der Waals surface area contributed by atoms with E-state index < -0.39 is 6.04 Å². The Morgan fingerprint density at radius 2 is 1.60 bits per heavy atom. The fourth-order valence-corrected chi connectivity index (χ4v) is 2.59. The van der Waals surface area contributed by atoms with Crippen LogP contribution in [0.25, 0.3) is 0 Å². The highest BCUT2D eigenvalue weighted by Crippen LogP contribution is 2.18. The summed E-state index contributed by atoms with van der Waals surface area (Å²) >= 11 is 0. The van der Waals surface area contributed by atoms with Gasteiger partial charge in [0.05, 0.1) is 19.0 Å². The van der Waals surface area contributed by atoms with Gasteiger partial charge in [-0.15, -0.1) is 0 Å². The molecule has 1 unspecified atom stereocenters. The fourth-order valence-electron chi connectivity index (χ4n) is 2.59. The van der Waals surface area contributed by atoms with Crippen LogP contribution in [0.1, 0.15) is 44.4 Å². The van der Waals surface area contributed by atoms with E-state index in [9.17, 15) is 14.4 Å². The molecular formula is C19H29N3O3. The van der Waals surface area contributed by atoms with Crippen LogP contribution in [-0.4, -0.2) is 54.2 Å². The lowest BCUT2D eigenvalue weighted by molar-refractivity contribution is -0.139. The summed E-state index contributed by atoms with van der Waals surface area (Å²) in [7, 11) is 1.61. The van der Waals surface area contributed by atoms with Gasteiger partial charge in [0.2, 0.25) is 17.7 Å². The summed E-state index contributed by atoms with van der Waals surface area (Å²) in [6, 6.07) is 7.30. The molecule has 6 heteroatoms. The predicted octanol–water partition coefficient (Wildman–Crippen LogP) is 1.89. The maximum atomic E-state index is 12.5. The first kappa shape index (κ1) is 20.7. The van der Waals surface area contributed by atoms with Gasteiger partial charge in [-0.05, 0) is 26.3 Å². The summed E-state index contributed by atoms with van der Waals surface area (Å²) in [5, 5.41) is 2.82. The highest BCUT2D eigenvalue weighted by Gasteiger charge is 2.22. The van der Waals surface area contributed by atoms with Crippen LogP contribution in [0.3, 0.4) is 0 Å². The molecule has 1 aromatic carbocycles. The normalized spacial score (nSPS) is 11.6. The molecule has 25 heavy (non-hydrogen) atoms. The standard InChI is InChI=1S/C19H29N3O3/c1-6-22(7-2)19(25)13-21(5)18(24)12-17(20-15(4)23)16-10-8-14(3)9-11-16/h8-11,17H,6-7,12-13H2,1-5H3,(H,20,23). The van der Waals surface area contributed by atoms with Crippen LogP contribution in [0.5, 0.6) is 0 Å². The van der Waals surface area contributed by atoms with E-state index in [1.807, 2.05) is 45.0 Å². The lowest BCUT2D eigenvalue weighted by Crippen LogP contribution is -2.42. The van der Waals surface area contributed by atoms with E-state index in [4.69, 9.17) is 0 Å². The van der Waals surface area contributed by atoms with Crippen LogP contribution in [0.15, 0.2) is 24.3 Å². The van der Waals surface area contributed by atoms with E-state index in [0.29, 0.717) is 13.1 Å². The van der Waals surface area contributed by atoms with Gasteiger partial charge in [-0.2, -0.15) is 0 Å². The van der Waals surface area contributed by atoms with Crippen molar-refractivity contribution in [2.45, 2.75) is 40.2 Å². The molecule has 1 atom stereocenters. The van der Waals surface area contributed by atoms with E-state index >= 15 is 0 Å². The van der Waals surface area contributed by atoms with E-state index in [1.54, 1.807) is 11.9 Å². The smallest absolute Gasteiger partial charge is 0.242 e. The van der Waals surface area contributed by atoms with Gasteiger partial charge in [0, 0.05) is 27.1 Å². The average molecular weight is 347 g/mol. The van der Waals surface area contributed by atoms with Crippen LogP contribution < -0.4 is 5.32 Å². The summed E-state index contributed by atoms with van der Waals surface area (Å²) in [5.41, 5.74) is 1.98. The van der Waals surface area contributed by atoms with Gasteiger partial charge >= 0.3 is 0 Å². The Morgan fingerprint density at radius 1 is 1.04 bits per heavy atom. The number of likely N-dealkylation sites (N-methyl/N-ethyl adjacent to an activating group) is 2. The van der Waals surface area contributed by atoms with Crippen LogP contribution in [0.2, 0.25) is 0 Å². The highest BCUT2D eigenvalue weighted by atomic mass is 16.2. The highest BCUT2D eigenvalue weighted by molar-refractivity contribution is 5.85. The summed E-state index contributed by atoms with van der Waals surface area (Å²) in [5.74, 6) is -0.452. The number of nitrogens with one attached hydrogen (secondary N) is 1. The van der Waals surface area contributed by atoms with Crippen molar-refractivity contribution in [2.75, 3.05) is 26.7 Å². The molecule has 1 aromatic rings. The van der Waals surface area contributed by atoms with Gasteiger partial charge in [-0.1, -0.05) is 29.8 Å². The third-order valence-electron chi connectivity index (χ3n) is 4.15. The number of hydrogen-bond donors (Lipinski definition) is 1. The van der Waals surface area contributed by atoms with Crippen molar-refractivity contribution >= 4 is 17.7 Å². The zero-order chi connectivity index (χ0) is 19.0. The number of benzene rings is 1. The first-order chi connectivity index (χ1) is 11.8. The number of carbonyl (C=O) groups is 3. The van der Waals surface area contributed by atoms with Crippen molar-refractivity contribution in [3.63, 3.8) is 0 Å². The molecule has 0 aliphatic heterocycles. The zero-order valence-electron chi connectivity index (χ0n) is 15.8. The molecule has 0 saturated carbocycles. The molecule has 3 amide bonds. The Kier molecular flexibility index (Phi) is 8.11. The second-order valence-corrected chi connectivity index (χ2v) is 6.18. The van der Waals surface area contributed by atoms with Gasteiger partial charge < -0.3 is 15.1 Å². The van der Waals surface area contributed by atoms with Crippen molar-refractivity contribution in [3.05, 3.63) is 35.4 Å². The molecule has 0 aromatic heterocycles.